The number of carbonyl (C=O) groups is 3. The molecule has 0 saturated carbocycles. The summed E-state index contributed by atoms with van der Waals surface area (Å²) in [6.45, 7) is 11.8. The Morgan fingerprint density at radius 1 is 1.10 bits per heavy atom. The molecule has 1 unspecified atom stereocenters. The van der Waals surface area contributed by atoms with E-state index in [1.54, 1.807) is 78.8 Å². The number of carboxylic acids is 1. The number of hydrogen-bond donors (Lipinski definition) is 3. The Bertz CT molecular complexity index is 1420. The number of ether oxygens (including phenoxy) is 1. The van der Waals surface area contributed by atoms with Crippen LogP contribution in [-0.4, -0.2) is 46.4 Å². The SMILES string of the molecule is CCc1c(C#N)c(SC(C(N)=O)c2ccccc2)nc(N(C)[C@](NC(=O)OC(C)(C)C)(C(=O)O)C(C)(C)CC)c1C#N. The van der Waals surface area contributed by atoms with Gasteiger partial charge in [0.2, 0.25) is 11.6 Å². The quantitative estimate of drug-likeness (QED) is 0.239. The molecule has 0 aliphatic rings. The summed E-state index contributed by atoms with van der Waals surface area (Å²) < 4.78 is 5.43. The van der Waals surface area contributed by atoms with Crippen molar-refractivity contribution < 1.29 is 24.2 Å². The van der Waals surface area contributed by atoms with Gasteiger partial charge in [0.1, 0.15) is 33.8 Å². The maximum atomic E-state index is 13.2. The van der Waals surface area contributed by atoms with Gasteiger partial charge < -0.3 is 20.5 Å². The molecular formula is C30H38N6O5S. The lowest BCUT2D eigenvalue weighted by Crippen LogP contribution is -2.72. The van der Waals surface area contributed by atoms with Gasteiger partial charge in [0.15, 0.2) is 0 Å². The minimum Gasteiger partial charge on any atom is -0.478 e. The fourth-order valence-corrected chi connectivity index (χ4v) is 5.66. The van der Waals surface area contributed by atoms with Crippen molar-refractivity contribution in [3.05, 3.63) is 52.6 Å². The van der Waals surface area contributed by atoms with Gasteiger partial charge in [-0.15, -0.1) is 0 Å². The Labute approximate surface area is 251 Å². The van der Waals surface area contributed by atoms with E-state index in [-0.39, 0.29) is 34.8 Å². The van der Waals surface area contributed by atoms with Crippen LogP contribution >= 0.6 is 11.8 Å². The summed E-state index contributed by atoms with van der Waals surface area (Å²) in [5, 5.41) is 32.9. The molecule has 0 spiro atoms. The number of nitriles is 2. The van der Waals surface area contributed by atoms with Crippen molar-refractivity contribution in [2.45, 2.75) is 82.8 Å². The lowest BCUT2D eigenvalue weighted by molar-refractivity contribution is -0.150. The summed E-state index contributed by atoms with van der Waals surface area (Å²) in [5.74, 6) is -2.18. The second kappa shape index (κ2) is 13.1. The fraction of sp³-hybridized carbons (Fsp3) is 0.467. The van der Waals surface area contributed by atoms with Crippen molar-refractivity contribution >= 4 is 35.5 Å². The van der Waals surface area contributed by atoms with E-state index >= 15 is 0 Å². The highest BCUT2D eigenvalue weighted by molar-refractivity contribution is 8.00. The van der Waals surface area contributed by atoms with Crippen molar-refractivity contribution in [1.29, 1.82) is 10.5 Å². The number of anilines is 1. The minimum absolute atomic E-state index is 0.0280. The molecular weight excluding hydrogens is 556 g/mol. The van der Waals surface area contributed by atoms with Crippen LogP contribution in [0.2, 0.25) is 0 Å². The number of alkyl carbamates (subject to hydrolysis) is 1. The molecule has 42 heavy (non-hydrogen) atoms. The molecule has 2 aromatic rings. The molecule has 1 heterocycles. The molecule has 0 aliphatic heterocycles. The van der Waals surface area contributed by atoms with E-state index in [0.29, 0.717) is 11.1 Å². The Kier molecular flexibility index (Phi) is 10.6. The third-order valence-corrected chi connectivity index (χ3v) is 8.35. The summed E-state index contributed by atoms with van der Waals surface area (Å²) in [6.07, 6.45) is -0.461. The van der Waals surface area contributed by atoms with Crippen LogP contribution in [-0.2, 0) is 20.7 Å². The number of carboxylic acid groups (broad SMARTS) is 1. The number of hydrogen-bond acceptors (Lipinski definition) is 9. The molecule has 0 radical (unpaired) electrons. The first-order valence-corrected chi connectivity index (χ1v) is 14.3. The standard InChI is InChI=1S/C30H38N6O5S/c1-9-19-20(16-31)24(34-25(21(19)17-32)42-22(23(33)37)18-14-12-11-13-15-18)36(8)30(26(38)39,29(6,7)10-2)35-27(40)41-28(3,4)5/h11-15,22H,9-10H2,1-8H3,(H2,33,37)(H,35,40)(H,38,39)/t22?,30-/m1/s1. The van der Waals surface area contributed by atoms with E-state index in [9.17, 15) is 30.0 Å². The number of nitrogens with zero attached hydrogens (tertiary/aromatic N) is 4. The lowest BCUT2D eigenvalue weighted by Gasteiger charge is -2.49. The van der Waals surface area contributed by atoms with Gasteiger partial charge in [-0.3, -0.25) is 10.1 Å². The lowest BCUT2D eigenvalue weighted by atomic mass is 9.75. The normalized spacial score (nSPS) is 13.6. The number of primary amides is 1. The van der Waals surface area contributed by atoms with Crippen LogP contribution in [0.15, 0.2) is 35.4 Å². The summed E-state index contributed by atoms with van der Waals surface area (Å²) in [4.78, 5) is 44.7. The van der Waals surface area contributed by atoms with Gasteiger partial charge in [0.25, 0.3) is 0 Å². The van der Waals surface area contributed by atoms with Gasteiger partial charge in [-0.2, -0.15) is 10.5 Å². The molecule has 0 saturated heterocycles. The maximum Gasteiger partial charge on any atom is 0.409 e. The molecule has 2 rings (SSSR count). The molecule has 1 aromatic heterocycles. The largest absolute Gasteiger partial charge is 0.478 e. The highest BCUT2D eigenvalue weighted by atomic mass is 32.2. The van der Waals surface area contributed by atoms with Crippen LogP contribution in [0, 0.1) is 28.1 Å². The van der Waals surface area contributed by atoms with Gasteiger partial charge in [-0.1, -0.05) is 69.8 Å². The van der Waals surface area contributed by atoms with Crippen LogP contribution in [0.5, 0.6) is 0 Å². The van der Waals surface area contributed by atoms with Gasteiger partial charge in [0.05, 0.1) is 11.1 Å². The summed E-state index contributed by atoms with van der Waals surface area (Å²) in [6, 6.07) is 12.9. The zero-order chi connectivity index (χ0) is 32.0. The van der Waals surface area contributed by atoms with Crippen LogP contribution in [0.1, 0.15) is 82.4 Å². The second-order valence-electron chi connectivity index (χ2n) is 11.3. The highest BCUT2D eigenvalue weighted by Gasteiger charge is 2.57. The maximum absolute atomic E-state index is 13.2. The number of rotatable bonds is 11. The van der Waals surface area contributed by atoms with Gasteiger partial charge >= 0.3 is 12.1 Å². The van der Waals surface area contributed by atoms with E-state index in [1.807, 2.05) is 0 Å². The molecule has 2 atom stereocenters. The zero-order valence-electron chi connectivity index (χ0n) is 25.2. The fourth-order valence-electron chi connectivity index (χ4n) is 4.60. The number of aromatic nitrogens is 1. The topological polar surface area (TPSA) is 182 Å². The van der Waals surface area contributed by atoms with E-state index in [2.05, 4.69) is 22.4 Å². The minimum atomic E-state index is -2.16. The monoisotopic (exact) mass is 594 g/mol. The molecule has 12 heteroatoms. The van der Waals surface area contributed by atoms with Gasteiger partial charge in [-0.25, -0.2) is 14.6 Å². The third kappa shape index (κ3) is 6.77. The molecule has 0 fully saturated rings. The number of thioether (sulfide) groups is 1. The van der Waals surface area contributed by atoms with Crippen molar-refractivity contribution in [3.63, 3.8) is 0 Å². The molecule has 224 valence electrons. The Balaban J connectivity index is 2.93. The molecule has 0 aliphatic carbocycles. The average Bonchev–Trinajstić information content (AvgIpc) is 2.92. The number of carbonyl (C=O) groups excluding carboxylic acids is 2. The number of nitrogens with two attached hydrogens (primary N) is 1. The number of aliphatic carboxylic acids is 1. The van der Waals surface area contributed by atoms with Gasteiger partial charge in [0, 0.05) is 12.5 Å². The Morgan fingerprint density at radius 3 is 2.10 bits per heavy atom. The molecule has 2 amide bonds. The Hall–Kier alpha value is -4.29. The molecule has 11 nitrogen and oxygen atoms in total. The number of benzene rings is 1. The van der Waals surface area contributed by atoms with Crippen LogP contribution < -0.4 is 16.0 Å². The van der Waals surface area contributed by atoms with Crippen molar-refractivity contribution in [1.82, 2.24) is 10.3 Å². The van der Waals surface area contributed by atoms with E-state index in [0.717, 1.165) is 11.8 Å². The number of amides is 2. The predicted octanol–water partition coefficient (Wildman–Crippen LogP) is 4.88. The first-order chi connectivity index (χ1) is 19.5. The van der Waals surface area contributed by atoms with E-state index in [1.165, 1.54) is 11.9 Å². The van der Waals surface area contributed by atoms with Crippen molar-refractivity contribution in [2.75, 3.05) is 11.9 Å². The number of pyridine rings is 1. The Morgan fingerprint density at radius 2 is 1.67 bits per heavy atom. The average molecular weight is 595 g/mol. The highest BCUT2D eigenvalue weighted by Crippen LogP contribution is 2.43. The van der Waals surface area contributed by atoms with Crippen LogP contribution in [0.25, 0.3) is 0 Å². The third-order valence-electron chi connectivity index (χ3n) is 7.09. The number of likely N-dealkylation sites (N-methyl/N-ethyl adjacent to an activating group) is 1. The summed E-state index contributed by atoms with van der Waals surface area (Å²) >= 11 is 0.932. The molecule has 0 bridgehead atoms. The first kappa shape index (κ1) is 33.9. The van der Waals surface area contributed by atoms with Crippen LogP contribution in [0.3, 0.4) is 0 Å². The van der Waals surface area contributed by atoms with Gasteiger partial charge in [-0.05, 0) is 44.7 Å². The molecule has 1 aromatic carbocycles. The first-order valence-electron chi connectivity index (χ1n) is 13.4. The van der Waals surface area contributed by atoms with E-state index < -0.39 is 39.9 Å². The smallest absolute Gasteiger partial charge is 0.409 e. The predicted molar refractivity (Wildman–Crippen MR) is 159 cm³/mol. The van der Waals surface area contributed by atoms with Crippen molar-refractivity contribution in [3.8, 4) is 12.1 Å². The zero-order valence-corrected chi connectivity index (χ0v) is 26.0. The summed E-state index contributed by atoms with van der Waals surface area (Å²) in [5.41, 5.74) is 2.47. The second-order valence-corrected chi connectivity index (χ2v) is 12.4. The van der Waals surface area contributed by atoms with Crippen LogP contribution in [0.4, 0.5) is 10.6 Å². The number of nitrogens with one attached hydrogen (secondary N) is 1. The van der Waals surface area contributed by atoms with Crippen molar-refractivity contribution in [2.24, 2.45) is 11.1 Å². The summed E-state index contributed by atoms with van der Waals surface area (Å²) in [7, 11) is 1.41. The van der Waals surface area contributed by atoms with E-state index in [4.69, 9.17) is 10.5 Å². The molecule has 4 N–H and O–H groups in total.